The molecule has 232 valence electrons. The number of amides is 2. The summed E-state index contributed by atoms with van der Waals surface area (Å²) in [6.45, 7) is 2.85. The molecule has 8 nitrogen and oxygen atoms in total. The quantitative estimate of drug-likeness (QED) is 0.355. The molecule has 2 fully saturated rings. The average Bonchev–Trinajstić information content (AvgIpc) is 3.65. The molecular formula is C32H33F3N4O4S. The van der Waals surface area contributed by atoms with Crippen LogP contribution in [0, 0.1) is 0 Å². The number of Topliss-reactive ketones (excluding diaryl/α,β-unsaturated/α-hetero) is 1. The van der Waals surface area contributed by atoms with Gasteiger partial charge in [0.15, 0.2) is 5.78 Å². The van der Waals surface area contributed by atoms with E-state index in [0.29, 0.717) is 68.4 Å². The molecule has 6 rings (SSSR count). The van der Waals surface area contributed by atoms with Gasteiger partial charge in [0.05, 0.1) is 17.7 Å². The zero-order valence-electron chi connectivity index (χ0n) is 24.3. The third-order valence-electron chi connectivity index (χ3n) is 8.90. The maximum atomic E-state index is 13.2. The second kappa shape index (κ2) is 12.2. The summed E-state index contributed by atoms with van der Waals surface area (Å²) < 4.78 is 44.7. The molecular weight excluding hydrogens is 593 g/mol. The van der Waals surface area contributed by atoms with E-state index in [1.54, 1.807) is 35.6 Å². The summed E-state index contributed by atoms with van der Waals surface area (Å²) in [6.07, 6.45) is -2.29. The van der Waals surface area contributed by atoms with E-state index in [9.17, 15) is 27.6 Å². The van der Waals surface area contributed by atoms with Gasteiger partial charge in [0.1, 0.15) is 11.4 Å². The molecule has 3 heterocycles. The monoisotopic (exact) mass is 626 g/mol. The van der Waals surface area contributed by atoms with Crippen LogP contribution in [0.25, 0.3) is 0 Å². The van der Waals surface area contributed by atoms with Crippen molar-refractivity contribution in [3.05, 3.63) is 75.2 Å². The van der Waals surface area contributed by atoms with Gasteiger partial charge in [-0.2, -0.15) is 13.2 Å². The maximum Gasteiger partial charge on any atom is 0.416 e. The van der Waals surface area contributed by atoms with Gasteiger partial charge in [-0.25, -0.2) is 4.98 Å². The zero-order chi connectivity index (χ0) is 31.0. The Morgan fingerprint density at radius 1 is 1.00 bits per heavy atom. The van der Waals surface area contributed by atoms with Crippen molar-refractivity contribution in [2.75, 3.05) is 51.3 Å². The zero-order valence-corrected chi connectivity index (χ0v) is 25.1. The number of alkyl halides is 3. The van der Waals surface area contributed by atoms with Crippen LogP contribution in [0.15, 0.2) is 47.8 Å². The molecule has 44 heavy (non-hydrogen) atoms. The molecule has 0 spiro atoms. The summed E-state index contributed by atoms with van der Waals surface area (Å²) in [6, 6.07) is 10.7. The molecule has 3 aromatic rings. The first-order valence-corrected chi connectivity index (χ1v) is 15.6. The number of thiazole rings is 1. The largest absolute Gasteiger partial charge is 0.497 e. The lowest BCUT2D eigenvalue weighted by Crippen LogP contribution is -2.49. The van der Waals surface area contributed by atoms with E-state index < -0.39 is 11.7 Å². The van der Waals surface area contributed by atoms with Crippen molar-refractivity contribution in [2.24, 2.45) is 0 Å². The van der Waals surface area contributed by atoms with Crippen molar-refractivity contribution in [3.8, 4) is 5.75 Å². The molecule has 2 aromatic carbocycles. The minimum Gasteiger partial charge on any atom is -0.497 e. The van der Waals surface area contributed by atoms with Crippen molar-refractivity contribution in [3.63, 3.8) is 0 Å². The number of hydrogen-bond acceptors (Lipinski definition) is 7. The third-order valence-corrected chi connectivity index (χ3v) is 9.90. The molecule has 0 N–H and O–H groups in total. The standard InChI is InChI=1S/C32H33F3N4O4S/c1-43-24-5-6-25-26(18-24)21(15-28(25)40)16-29(41)38-9-7-20(8-10-38)30-36-27(19-44-30)31(42)39-13-11-37(12-14-39)23-4-2-3-22(17-23)32(33,34)35/h2-6,17-21H,7-16H2,1H3. The minimum atomic E-state index is -4.40. The number of rotatable bonds is 6. The Morgan fingerprint density at radius 2 is 1.75 bits per heavy atom. The number of likely N-dealkylation sites (tertiary alicyclic amines) is 1. The second-order valence-electron chi connectivity index (χ2n) is 11.5. The smallest absolute Gasteiger partial charge is 0.416 e. The van der Waals surface area contributed by atoms with Crippen LogP contribution in [0.5, 0.6) is 5.75 Å². The van der Waals surface area contributed by atoms with Crippen LogP contribution in [0.3, 0.4) is 0 Å². The number of nitrogens with zero attached hydrogens (tertiary/aromatic N) is 4. The number of halogens is 3. The SMILES string of the molecule is COc1ccc2c(c1)C(CC(=O)N1CCC(c3nc(C(=O)N4CCN(c5cccc(C(F)(F)F)c5)CC4)cs3)CC1)CC2=O. The first-order valence-electron chi connectivity index (χ1n) is 14.8. The van der Waals surface area contributed by atoms with E-state index in [0.717, 1.165) is 35.5 Å². The van der Waals surface area contributed by atoms with E-state index in [1.165, 1.54) is 17.4 Å². The molecule has 2 saturated heterocycles. The van der Waals surface area contributed by atoms with Crippen LogP contribution in [0.4, 0.5) is 18.9 Å². The highest BCUT2D eigenvalue weighted by molar-refractivity contribution is 7.09. The number of aromatic nitrogens is 1. The minimum absolute atomic E-state index is 0.0381. The molecule has 0 radical (unpaired) electrons. The summed E-state index contributed by atoms with van der Waals surface area (Å²) in [5, 5.41) is 2.66. The number of carbonyl (C=O) groups excluding carboxylic acids is 3. The van der Waals surface area contributed by atoms with E-state index in [4.69, 9.17) is 4.74 Å². The van der Waals surface area contributed by atoms with Crippen molar-refractivity contribution in [1.29, 1.82) is 0 Å². The highest BCUT2D eigenvalue weighted by atomic mass is 32.1. The lowest BCUT2D eigenvalue weighted by Gasteiger charge is -2.36. The number of benzene rings is 2. The molecule has 1 atom stereocenters. The number of ether oxygens (including phenoxy) is 1. The number of ketones is 1. The number of carbonyl (C=O) groups is 3. The number of hydrogen-bond donors (Lipinski definition) is 0. The summed E-state index contributed by atoms with van der Waals surface area (Å²) in [4.78, 5) is 48.9. The van der Waals surface area contributed by atoms with Crippen molar-refractivity contribution in [2.45, 2.75) is 43.7 Å². The van der Waals surface area contributed by atoms with Crippen LogP contribution >= 0.6 is 11.3 Å². The summed E-state index contributed by atoms with van der Waals surface area (Å²) in [5.74, 6) is 0.614. The predicted octanol–water partition coefficient (Wildman–Crippen LogP) is 5.60. The Kier molecular flexibility index (Phi) is 8.36. The van der Waals surface area contributed by atoms with Gasteiger partial charge in [0.25, 0.3) is 5.91 Å². The van der Waals surface area contributed by atoms with E-state index >= 15 is 0 Å². The van der Waals surface area contributed by atoms with Gasteiger partial charge in [-0.05, 0) is 54.8 Å². The van der Waals surface area contributed by atoms with E-state index in [-0.39, 0.29) is 35.9 Å². The summed E-state index contributed by atoms with van der Waals surface area (Å²) in [7, 11) is 1.58. The van der Waals surface area contributed by atoms with Crippen LogP contribution in [0.2, 0.25) is 0 Å². The molecule has 0 bridgehead atoms. The van der Waals surface area contributed by atoms with Gasteiger partial charge in [-0.3, -0.25) is 14.4 Å². The van der Waals surface area contributed by atoms with Crippen molar-refractivity contribution >= 4 is 34.6 Å². The van der Waals surface area contributed by atoms with Gasteiger partial charge in [-0.1, -0.05) is 6.07 Å². The molecule has 1 aliphatic carbocycles. The average molecular weight is 627 g/mol. The first-order chi connectivity index (χ1) is 21.1. The Hall–Kier alpha value is -3.93. The number of piperazine rings is 1. The maximum absolute atomic E-state index is 13.2. The molecule has 12 heteroatoms. The number of anilines is 1. The fourth-order valence-electron chi connectivity index (χ4n) is 6.38. The lowest BCUT2D eigenvalue weighted by atomic mass is 9.94. The van der Waals surface area contributed by atoms with Crippen LogP contribution < -0.4 is 9.64 Å². The van der Waals surface area contributed by atoms with Crippen molar-refractivity contribution < 1.29 is 32.3 Å². The number of piperidine rings is 1. The van der Waals surface area contributed by atoms with Crippen LogP contribution in [0.1, 0.15) is 74.5 Å². The fourth-order valence-corrected chi connectivity index (χ4v) is 7.35. The fraction of sp³-hybridized carbons (Fsp3) is 0.438. The number of methoxy groups -OCH3 is 1. The molecule has 1 aromatic heterocycles. The second-order valence-corrected chi connectivity index (χ2v) is 12.4. The van der Waals surface area contributed by atoms with E-state index in [2.05, 4.69) is 4.98 Å². The van der Waals surface area contributed by atoms with Gasteiger partial charge in [-0.15, -0.1) is 11.3 Å². The van der Waals surface area contributed by atoms with Crippen LogP contribution in [-0.4, -0.2) is 78.8 Å². The molecule has 1 unspecified atom stereocenters. The highest BCUT2D eigenvalue weighted by Crippen LogP contribution is 2.39. The lowest BCUT2D eigenvalue weighted by molar-refractivity contribution is -0.137. The van der Waals surface area contributed by atoms with Gasteiger partial charge < -0.3 is 19.4 Å². The topological polar surface area (TPSA) is 83.1 Å². The van der Waals surface area contributed by atoms with Gasteiger partial charge in [0.2, 0.25) is 5.91 Å². The van der Waals surface area contributed by atoms with Crippen LogP contribution in [-0.2, 0) is 11.0 Å². The Balaban J connectivity index is 1.000. The predicted molar refractivity (Wildman–Crippen MR) is 160 cm³/mol. The first kappa shape index (κ1) is 30.1. The normalized spacial score (nSPS) is 19.3. The molecule has 2 amide bonds. The highest BCUT2D eigenvalue weighted by Gasteiger charge is 2.35. The molecule has 3 aliphatic rings. The van der Waals surface area contributed by atoms with Gasteiger partial charge in [0, 0.05) is 80.6 Å². The summed E-state index contributed by atoms with van der Waals surface area (Å²) in [5.41, 5.74) is 1.75. The Morgan fingerprint density at radius 3 is 2.45 bits per heavy atom. The third kappa shape index (κ3) is 6.17. The number of fused-ring (bicyclic) bond motifs is 1. The van der Waals surface area contributed by atoms with Gasteiger partial charge >= 0.3 is 6.18 Å². The summed E-state index contributed by atoms with van der Waals surface area (Å²) >= 11 is 1.45. The molecule has 2 aliphatic heterocycles. The molecule has 0 saturated carbocycles. The van der Waals surface area contributed by atoms with Crippen molar-refractivity contribution in [1.82, 2.24) is 14.8 Å². The van der Waals surface area contributed by atoms with E-state index in [1.807, 2.05) is 15.9 Å². The Bertz CT molecular complexity index is 1560. The Labute approximate surface area is 257 Å².